The molecule has 0 aromatic heterocycles. The smallest absolute Gasteiger partial charge is 0.423 e. The molecule has 0 heterocycles. The fourth-order valence-corrected chi connectivity index (χ4v) is 6.84. The van der Waals surface area contributed by atoms with Crippen LogP contribution in [0.15, 0.2) is 130 Å². The lowest BCUT2D eigenvalue weighted by atomic mass is 9.80. The molecule has 6 aromatic rings. The molecule has 2 nitrogen and oxygen atoms in total. The van der Waals surface area contributed by atoms with E-state index < -0.39 is 7.12 Å². The predicted octanol–water partition coefficient (Wildman–Crippen LogP) is 8.59. The summed E-state index contributed by atoms with van der Waals surface area (Å²) in [6, 6.07) is 41.3. The van der Waals surface area contributed by atoms with Gasteiger partial charge in [-0.25, -0.2) is 0 Å². The molecular weight excluding hydrogens is 642 g/mol. The maximum absolute atomic E-state index is 8.94. The Morgan fingerprint density at radius 1 is 0.500 bits per heavy atom. The lowest BCUT2D eigenvalue weighted by molar-refractivity contribution is 0.426. The molecule has 0 saturated heterocycles. The largest absolute Gasteiger partial charge is 0.488 e. The monoisotopic (exact) mass is 668 g/mol. The fourth-order valence-electron chi connectivity index (χ4n) is 4.69. The van der Waals surface area contributed by atoms with Gasteiger partial charge in [-0.1, -0.05) is 117 Å². The molecule has 0 bridgehead atoms. The SMILES string of the molecule is CP(C)c1cccc(-c2ccc3c(Br)c4ccccc4c(Br)c3c2)c1.OB(O)c1ccc(-c2ccccc2)cc1. The Balaban J connectivity index is 0.000000184. The topological polar surface area (TPSA) is 40.5 Å². The summed E-state index contributed by atoms with van der Waals surface area (Å²) in [5, 5.41) is 24.3. The van der Waals surface area contributed by atoms with Crippen LogP contribution in [0.25, 0.3) is 43.8 Å². The van der Waals surface area contributed by atoms with Gasteiger partial charge in [-0.15, -0.1) is 0 Å². The van der Waals surface area contributed by atoms with Gasteiger partial charge in [0.15, 0.2) is 0 Å². The first-order valence-electron chi connectivity index (χ1n) is 12.9. The van der Waals surface area contributed by atoms with Gasteiger partial charge in [0.05, 0.1) is 0 Å². The summed E-state index contributed by atoms with van der Waals surface area (Å²) in [6.45, 7) is 4.60. The van der Waals surface area contributed by atoms with Crippen LogP contribution in [-0.4, -0.2) is 30.5 Å². The van der Waals surface area contributed by atoms with E-state index in [9.17, 15) is 0 Å². The van der Waals surface area contributed by atoms with Crippen molar-refractivity contribution in [1.82, 2.24) is 0 Å². The molecule has 0 aliphatic carbocycles. The molecule has 0 aliphatic rings. The molecule has 40 heavy (non-hydrogen) atoms. The third-order valence-corrected chi connectivity index (χ3v) is 9.92. The molecular formula is C34H28BBr2O2P. The molecule has 198 valence electrons. The van der Waals surface area contributed by atoms with E-state index in [1.807, 2.05) is 42.5 Å². The van der Waals surface area contributed by atoms with E-state index in [1.54, 1.807) is 12.1 Å². The Morgan fingerprint density at radius 3 is 1.62 bits per heavy atom. The number of rotatable bonds is 4. The molecule has 2 N–H and O–H groups in total. The summed E-state index contributed by atoms with van der Waals surface area (Å²) in [7, 11) is -1.48. The highest BCUT2D eigenvalue weighted by Gasteiger charge is 2.12. The molecule has 0 unspecified atom stereocenters. The highest BCUT2D eigenvalue weighted by Crippen LogP contribution is 2.40. The first-order valence-corrected chi connectivity index (χ1v) is 16.7. The quantitative estimate of drug-likeness (QED) is 0.112. The van der Waals surface area contributed by atoms with E-state index in [1.165, 1.54) is 38.0 Å². The van der Waals surface area contributed by atoms with Crippen molar-refractivity contribution in [3.8, 4) is 22.3 Å². The van der Waals surface area contributed by atoms with Crippen molar-refractivity contribution in [2.24, 2.45) is 0 Å². The van der Waals surface area contributed by atoms with Crippen molar-refractivity contribution in [1.29, 1.82) is 0 Å². The zero-order valence-electron chi connectivity index (χ0n) is 22.2. The summed E-state index contributed by atoms with van der Waals surface area (Å²) in [4.78, 5) is 0. The minimum absolute atomic E-state index is 0.0884. The molecule has 0 fully saturated rings. The van der Waals surface area contributed by atoms with Crippen LogP contribution in [0.2, 0.25) is 0 Å². The van der Waals surface area contributed by atoms with Crippen molar-refractivity contribution in [3.63, 3.8) is 0 Å². The Kier molecular flexibility index (Phi) is 9.20. The number of hydrogen-bond donors (Lipinski definition) is 2. The van der Waals surface area contributed by atoms with Crippen LogP contribution in [0.5, 0.6) is 0 Å². The fraction of sp³-hybridized carbons (Fsp3) is 0.0588. The second-order valence-electron chi connectivity index (χ2n) is 9.74. The summed E-state index contributed by atoms with van der Waals surface area (Å²) >= 11 is 7.65. The van der Waals surface area contributed by atoms with Crippen LogP contribution in [-0.2, 0) is 0 Å². The first kappa shape index (κ1) is 28.7. The van der Waals surface area contributed by atoms with E-state index in [2.05, 4.69) is 112 Å². The van der Waals surface area contributed by atoms with Crippen molar-refractivity contribution in [2.45, 2.75) is 0 Å². The number of fused-ring (bicyclic) bond motifs is 2. The zero-order chi connectivity index (χ0) is 28.2. The minimum Gasteiger partial charge on any atom is -0.423 e. The van der Waals surface area contributed by atoms with E-state index >= 15 is 0 Å². The van der Waals surface area contributed by atoms with Gasteiger partial charge in [-0.2, -0.15) is 0 Å². The van der Waals surface area contributed by atoms with Gasteiger partial charge in [0.1, 0.15) is 0 Å². The van der Waals surface area contributed by atoms with Gasteiger partial charge in [0, 0.05) is 8.95 Å². The third-order valence-electron chi connectivity index (χ3n) is 6.90. The Hall–Kier alpha value is -2.79. The zero-order valence-corrected chi connectivity index (χ0v) is 26.3. The van der Waals surface area contributed by atoms with Crippen LogP contribution >= 0.6 is 39.8 Å². The Labute approximate surface area is 253 Å². The van der Waals surface area contributed by atoms with Crippen LogP contribution in [0.3, 0.4) is 0 Å². The summed E-state index contributed by atoms with van der Waals surface area (Å²) in [6.07, 6.45) is 0. The standard InChI is InChI=1S/C22H17Br2P.C12H11BO2/c1-25(2)16-7-5-6-14(12-16)15-10-11-19-20(13-15)22(24)18-9-4-3-8-17(18)21(19)23;14-13(15)12-8-6-11(7-9-12)10-4-2-1-3-5-10/h3-13H,1-2H3;1-9,14-15H. The van der Waals surface area contributed by atoms with Crippen LogP contribution in [0.1, 0.15) is 0 Å². The second kappa shape index (κ2) is 12.8. The molecule has 6 aromatic carbocycles. The normalized spacial score (nSPS) is 11.0. The minimum atomic E-state index is -1.39. The molecule has 0 saturated carbocycles. The van der Waals surface area contributed by atoms with Crippen molar-refractivity contribution in [3.05, 3.63) is 130 Å². The van der Waals surface area contributed by atoms with E-state index in [0.717, 1.165) is 20.1 Å². The predicted molar refractivity (Wildman–Crippen MR) is 182 cm³/mol. The van der Waals surface area contributed by atoms with Crippen molar-refractivity contribution >= 4 is 79.2 Å². The number of hydrogen-bond acceptors (Lipinski definition) is 2. The van der Waals surface area contributed by atoms with Gasteiger partial charge in [-0.3, -0.25) is 0 Å². The van der Waals surface area contributed by atoms with Crippen LogP contribution < -0.4 is 10.8 Å². The van der Waals surface area contributed by atoms with Gasteiger partial charge >= 0.3 is 7.12 Å². The van der Waals surface area contributed by atoms with E-state index in [-0.39, 0.29) is 7.92 Å². The summed E-state index contributed by atoms with van der Waals surface area (Å²) in [5.41, 5.74) is 5.24. The lowest BCUT2D eigenvalue weighted by Gasteiger charge is -2.13. The van der Waals surface area contributed by atoms with Gasteiger partial charge < -0.3 is 10.0 Å². The lowest BCUT2D eigenvalue weighted by Crippen LogP contribution is -2.29. The molecule has 6 rings (SSSR count). The molecule has 6 heteroatoms. The highest BCUT2D eigenvalue weighted by atomic mass is 79.9. The Morgan fingerprint density at radius 2 is 1.00 bits per heavy atom. The van der Waals surface area contributed by atoms with Gasteiger partial charge in [0.25, 0.3) is 0 Å². The van der Waals surface area contributed by atoms with Gasteiger partial charge in [0.2, 0.25) is 0 Å². The van der Waals surface area contributed by atoms with Crippen LogP contribution in [0.4, 0.5) is 0 Å². The molecule has 0 spiro atoms. The van der Waals surface area contributed by atoms with Crippen LogP contribution in [0, 0.1) is 0 Å². The van der Waals surface area contributed by atoms with Crippen molar-refractivity contribution < 1.29 is 10.0 Å². The molecule has 0 radical (unpaired) electrons. The molecule has 0 aliphatic heterocycles. The average Bonchev–Trinajstić information content (AvgIpc) is 3.00. The molecule has 0 amide bonds. The maximum Gasteiger partial charge on any atom is 0.488 e. The summed E-state index contributed by atoms with van der Waals surface area (Å²) < 4.78 is 2.32. The third kappa shape index (κ3) is 6.25. The number of benzene rings is 6. The maximum atomic E-state index is 8.94. The first-order chi connectivity index (χ1) is 19.3. The Bertz CT molecular complexity index is 1770. The number of halogens is 2. The molecule has 0 atom stereocenters. The van der Waals surface area contributed by atoms with Gasteiger partial charge in [-0.05, 0) is 112 Å². The summed E-state index contributed by atoms with van der Waals surface area (Å²) in [5.74, 6) is 0. The average molecular weight is 670 g/mol. The van der Waals surface area contributed by atoms with E-state index in [0.29, 0.717) is 5.46 Å². The second-order valence-corrected chi connectivity index (χ2v) is 13.6. The van der Waals surface area contributed by atoms with E-state index in [4.69, 9.17) is 10.0 Å². The van der Waals surface area contributed by atoms with Crippen molar-refractivity contribution in [2.75, 3.05) is 13.3 Å². The highest BCUT2D eigenvalue weighted by molar-refractivity contribution is 9.11.